The molecule has 1 aromatic heterocycles. The summed E-state index contributed by atoms with van der Waals surface area (Å²) in [6, 6.07) is 7.56. The van der Waals surface area contributed by atoms with Crippen LogP contribution in [0.4, 0.5) is 0 Å². The van der Waals surface area contributed by atoms with Crippen LogP contribution in [0.5, 0.6) is 5.75 Å². The summed E-state index contributed by atoms with van der Waals surface area (Å²) in [6.45, 7) is 1.89. The molecule has 1 aromatic carbocycles. The number of hydrogen-bond acceptors (Lipinski definition) is 4. The fourth-order valence-corrected chi connectivity index (χ4v) is 2.53. The lowest BCUT2D eigenvalue weighted by Gasteiger charge is -2.00. The van der Waals surface area contributed by atoms with Gasteiger partial charge in [-0.3, -0.25) is 4.79 Å². The highest BCUT2D eigenvalue weighted by molar-refractivity contribution is 7.15. The number of rotatable bonds is 4. The second-order valence-corrected chi connectivity index (χ2v) is 5.02. The smallest absolute Gasteiger partial charge is 0.309 e. The van der Waals surface area contributed by atoms with Crippen molar-refractivity contribution >= 4 is 17.3 Å². The minimum absolute atomic E-state index is 0.0293. The summed E-state index contributed by atoms with van der Waals surface area (Å²) < 4.78 is 5.09. The quantitative estimate of drug-likeness (QED) is 0.921. The number of methoxy groups -OCH3 is 1. The normalized spacial score (nSPS) is 10.3. The Morgan fingerprint density at radius 2 is 2.06 bits per heavy atom. The second kappa shape index (κ2) is 5.18. The number of carboxylic acid groups (broad SMARTS) is 1. The molecule has 5 heteroatoms. The Morgan fingerprint density at radius 1 is 1.39 bits per heavy atom. The fraction of sp³-hybridized carbons (Fsp3) is 0.231. The summed E-state index contributed by atoms with van der Waals surface area (Å²) in [5, 5.41) is 9.63. The zero-order valence-corrected chi connectivity index (χ0v) is 11.0. The van der Waals surface area contributed by atoms with Gasteiger partial charge in [0.15, 0.2) is 0 Å². The molecular weight excluding hydrogens is 250 g/mol. The van der Waals surface area contributed by atoms with E-state index in [9.17, 15) is 4.79 Å². The first-order valence-electron chi connectivity index (χ1n) is 5.42. The molecule has 1 N–H and O–H groups in total. The van der Waals surface area contributed by atoms with Crippen LogP contribution in [0.15, 0.2) is 24.3 Å². The number of hydrogen-bond donors (Lipinski definition) is 1. The van der Waals surface area contributed by atoms with E-state index < -0.39 is 5.97 Å². The molecule has 4 nitrogen and oxygen atoms in total. The minimum Gasteiger partial charge on any atom is -0.497 e. The van der Waals surface area contributed by atoms with Gasteiger partial charge in [0.2, 0.25) is 0 Å². The molecule has 0 saturated carbocycles. The van der Waals surface area contributed by atoms with Crippen LogP contribution in [-0.4, -0.2) is 23.2 Å². The molecule has 0 amide bonds. The van der Waals surface area contributed by atoms with Crippen molar-refractivity contribution in [1.29, 1.82) is 0 Å². The number of carbonyl (C=O) groups is 1. The van der Waals surface area contributed by atoms with Gasteiger partial charge in [-0.2, -0.15) is 0 Å². The Hall–Kier alpha value is -1.88. The van der Waals surface area contributed by atoms with E-state index >= 15 is 0 Å². The van der Waals surface area contributed by atoms with Crippen molar-refractivity contribution < 1.29 is 14.6 Å². The molecule has 0 bridgehead atoms. The lowest BCUT2D eigenvalue weighted by Crippen LogP contribution is -2.01. The van der Waals surface area contributed by atoms with Gasteiger partial charge in [0.05, 0.1) is 19.2 Å². The first kappa shape index (κ1) is 12.6. The summed E-state index contributed by atoms with van der Waals surface area (Å²) >= 11 is 1.51. The monoisotopic (exact) mass is 263 g/mol. The lowest BCUT2D eigenvalue weighted by molar-refractivity contribution is -0.136. The number of aliphatic carboxylic acids is 1. The SMILES string of the molecule is COc1ccc(-c2nc(CC(=O)O)c(C)s2)cc1. The Labute approximate surface area is 109 Å². The van der Waals surface area contributed by atoms with Crippen LogP contribution in [0.2, 0.25) is 0 Å². The Morgan fingerprint density at radius 3 is 2.61 bits per heavy atom. The molecule has 0 aliphatic rings. The molecule has 0 aliphatic carbocycles. The third kappa shape index (κ3) is 2.68. The van der Waals surface area contributed by atoms with Gasteiger partial charge >= 0.3 is 5.97 Å². The molecule has 0 unspecified atom stereocenters. The van der Waals surface area contributed by atoms with Crippen LogP contribution >= 0.6 is 11.3 Å². The number of nitrogens with zero attached hydrogens (tertiary/aromatic N) is 1. The zero-order valence-electron chi connectivity index (χ0n) is 10.1. The van der Waals surface area contributed by atoms with Gasteiger partial charge in [-0.05, 0) is 31.2 Å². The first-order chi connectivity index (χ1) is 8.60. The molecule has 0 atom stereocenters. The lowest BCUT2D eigenvalue weighted by atomic mass is 10.2. The molecule has 2 rings (SSSR count). The number of aromatic nitrogens is 1. The predicted molar refractivity (Wildman–Crippen MR) is 70.2 cm³/mol. The van der Waals surface area contributed by atoms with Gasteiger partial charge in [0, 0.05) is 10.4 Å². The van der Waals surface area contributed by atoms with Gasteiger partial charge in [-0.15, -0.1) is 11.3 Å². The molecule has 1 heterocycles. The van der Waals surface area contributed by atoms with E-state index in [1.165, 1.54) is 11.3 Å². The van der Waals surface area contributed by atoms with Crippen molar-refractivity contribution in [2.24, 2.45) is 0 Å². The third-order valence-corrected chi connectivity index (χ3v) is 3.61. The van der Waals surface area contributed by atoms with Gasteiger partial charge in [-0.25, -0.2) is 4.98 Å². The number of carboxylic acids is 1. The maximum atomic E-state index is 10.7. The van der Waals surface area contributed by atoms with Crippen molar-refractivity contribution in [2.45, 2.75) is 13.3 Å². The minimum atomic E-state index is -0.857. The highest BCUT2D eigenvalue weighted by Crippen LogP contribution is 2.29. The Balaban J connectivity index is 2.30. The average Bonchev–Trinajstić information content (AvgIpc) is 2.70. The van der Waals surface area contributed by atoms with E-state index in [-0.39, 0.29) is 6.42 Å². The standard InChI is InChI=1S/C13H13NO3S/c1-8-11(7-12(15)16)14-13(18-8)9-3-5-10(17-2)6-4-9/h3-6H,7H2,1-2H3,(H,15,16). The van der Waals surface area contributed by atoms with Crippen molar-refractivity contribution in [3.05, 3.63) is 34.8 Å². The summed E-state index contributed by atoms with van der Waals surface area (Å²) in [7, 11) is 1.62. The molecule has 0 spiro atoms. The number of benzene rings is 1. The van der Waals surface area contributed by atoms with Crippen LogP contribution in [-0.2, 0) is 11.2 Å². The third-order valence-electron chi connectivity index (χ3n) is 2.55. The average molecular weight is 263 g/mol. The van der Waals surface area contributed by atoms with Crippen molar-refractivity contribution in [3.8, 4) is 16.3 Å². The number of thiazole rings is 1. The molecule has 0 saturated heterocycles. The van der Waals surface area contributed by atoms with Crippen LogP contribution in [0.3, 0.4) is 0 Å². The van der Waals surface area contributed by atoms with E-state index in [0.717, 1.165) is 21.2 Å². The summed E-state index contributed by atoms with van der Waals surface area (Å²) in [5.74, 6) is -0.0672. The van der Waals surface area contributed by atoms with Crippen molar-refractivity contribution in [1.82, 2.24) is 4.98 Å². The maximum absolute atomic E-state index is 10.7. The van der Waals surface area contributed by atoms with E-state index in [0.29, 0.717) is 5.69 Å². The van der Waals surface area contributed by atoms with Crippen LogP contribution in [0.1, 0.15) is 10.6 Å². The molecule has 94 valence electrons. The molecule has 0 aliphatic heterocycles. The van der Waals surface area contributed by atoms with Gasteiger partial charge in [0.1, 0.15) is 10.8 Å². The molecule has 18 heavy (non-hydrogen) atoms. The van der Waals surface area contributed by atoms with Crippen LogP contribution < -0.4 is 4.74 Å². The van der Waals surface area contributed by atoms with Gasteiger partial charge in [-0.1, -0.05) is 0 Å². The second-order valence-electron chi connectivity index (χ2n) is 3.82. The van der Waals surface area contributed by atoms with E-state index in [2.05, 4.69) is 4.98 Å². The van der Waals surface area contributed by atoms with Gasteiger partial charge in [0.25, 0.3) is 0 Å². The molecular formula is C13H13NO3S. The maximum Gasteiger partial charge on any atom is 0.309 e. The number of ether oxygens (including phenoxy) is 1. The van der Waals surface area contributed by atoms with E-state index in [4.69, 9.17) is 9.84 Å². The largest absolute Gasteiger partial charge is 0.497 e. The van der Waals surface area contributed by atoms with Crippen molar-refractivity contribution in [2.75, 3.05) is 7.11 Å². The highest BCUT2D eigenvalue weighted by Gasteiger charge is 2.12. The van der Waals surface area contributed by atoms with Crippen LogP contribution in [0, 0.1) is 6.92 Å². The Kier molecular flexibility index (Phi) is 3.62. The summed E-state index contributed by atoms with van der Waals surface area (Å²) in [4.78, 5) is 16.0. The topological polar surface area (TPSA) is 59.4 Å². The Bertz CT molecular complexity index is 560. The molecule has 2 aromatic rings. The summed E-state index contributed by atoms with van der Waals surface area (Å²) in [5.41, 5.74) is 1.61. The molecule has 0 fully saturated rings. The molecule has 0 radical (unpaired) electrons. The van der Waals surface area contributed by atoms with Crippen molar-refractivity contribution in [3.63, 3.8) is 0 Å². The number of aryl methyl sites for hydroxylation is 1. The van der Waals surface area contributed by atoms with E-state index in [1.54, 1.807) is 7.11 Å². The summed E-state index contributed by atoms with van der Waals surface area (Å²) in [6.07, 6.45) is -0.0293. The fourth-order valence-electron chi connectivity index (χ4n) is 1.59. The van der Waals surface area contributed by atoms with Gasteiger partial charge < -0.3 is 9.84 Å². The van der Waals surface area contributed by atoms with Crippen LogP contribution in [0.25, 0.3) is 10.6 Å². The predicted octanol–water partition coefficient (Wildman–Crippen LogP) is 2.75. The highest BCUT2D eigenvalue weighted by atomic mass is 32.1. The van der Waals surface area contributed by atoms with E-state index in [1.807, 2.05) is 31.2 Å². The zero-order chi connectivity index (χ0) is 13.1. The first-order valence-corrected chi connectivity index (χ1v) is 6.24.